The summed E-state index contributed by atoms with van der Waals surface area (Å²) in [7, 11) is 0. The summed E-state index contributed by atoms with van der Waals surface area (Å²) < 4.78 is 17.6. The van der Waals surface area contributed by atoms with E-state index >= 15 is 0 Å². The second-order valence-corrected chi connectivity index (χ2v) is 5.65. The van der Waals surface area contributed by atoms with Gasteiger partial charge in [0, 0.05) is 12.1 Å². The number of benzene rings is 1. The van der Waals surface area contributed by atoms with Gasteiger partial charge in [0.1, 0.15) is 11.6 Å². The maximum atomic E-state index is 12.7. The van der Waals surface area contributed by atoms with Crippen molar-refractivity contribution in [1.29, 1.82) is 0 Å². The number of hydrogen-bond donors (Lipinski definition) is 1. The van der Waals surface area contributed by atoms with Crippen LogP contribution in [-0.4, -0.2) is 21.0 Å². The average molecular weight is 297 g/mol. The number of amides is 1. The first kappa shape index (κ1) is 14.0. The van der Waals surface area contributed by atoms with E-state index in [1.54, 1.807) is 0 Å². The summed E-state index contributed by atoms with van der Waals surface area (Å²) in [5.41, 5.74) is 0.582. The lowest BCUT2D eigenvalue weighted by molar-refractivity contribution is -0.113. The quantitative estimate of drug-likeness (QED) is 0.862. The standard InChI is InChI=1S/C12H12FN3OS2/c1-2-10-15-12(19-16-10)18-7-11(17)14-9-5-3-8(13)4-6-9/h3-6H,2,7H2,1H3,(H,14,17). The SMILES string of the molecule is CCc1nsc(SCC(=O)Nc2ccc(F)cc2)n1. The summed E-state index contributed by atoms with van der Waals surface area (Å²) >= 11 is 2.64. The monoisotopic (exact) mass is 297 g/mol. The highest BCUT2D eigenvalue weighted by atomic mass is 32.2. The minimum atomic E-state index is -0.326. The van der Waals surface area contributed by atoms with E-state index in [-0.39, 0.29) is 17.5 Å². The molecule has 2 rings (SSSR count). The number of anilines is 1. The van der Waals surface area contributed by atoms with Crippen LogP contribution in [0.1, 0.15) is 12.7 Å². The van der Waals surface area contributed by atoms with Crippen LogP contribution >= 0.6 is 23.3 Å². The van der Waals surface area contributed by atoms with E-state index < -0.39 is 0 Å². The lowest BCUT2D eigenvalue weighted by Gasteiger charge is -2.03. The first-order valence-electron chi connectivity index (χ1n) is 5.68. The zero-order chi connectivity index (χ0) is 13.7. The van der Waals surface area contributed by atoms with Crippen molar-refractivity contribution in [2.24, 2.45) is 0 Å². The number of carbonyl (C=O) groups is 1. The number of aryl methyl sites for hydroxylation is 1. The molecule has 19 heavy (non-hydrogen) atoms. The summed E-state index contributed by atoms with van der Waals surface area (Å²) in [6.45, 7) is 1.98. The van der Waals surface area contributed by atoms with Crippen LogP contribution in [0.2, 0.25) is 0 Å². The van der Waals surface area contributed by atoms with E-state index in [4.69, 9.17) is 0 Å². The van der Waals surface area contributed by atoms with Gasteiger partial charge >= 0.3 is 0 Å². The number of thioether (sulfide) groups is 1. The van der Waals surface area contributed by atoms with Crippen LogP contribution in [0.25, 0.3) is 0 Å². The first-order chi connectivity index (χ1) is 9.17. The van der Waals surface area contributed by atoms with E-state index in [1.165, 1.54) is 47.6 Å². The second-order valence-electron chi connectivity index (χ2n) is 3.67. The molecule has 0 bridgehead atoms. The fraction of sp³-hybridized carbons (Fsp3) is 0.250. The van der Waals surface area contributed by atoms with Gasteiger partial charge in [-0.1, -0.05) is 18.7 Å². The average Bonchev–Trinajstić information content (AvgIpc) is 2.87. The van der Waals surface area contributed by atoms with Crippen molar-refractivity contribution in [1.82, 2.24) is 9.36 Å². The normalized spacial score (nSPS) is 10.4. The molecule has 0 atom stereocenters. The van der Waals surface area contributed by atoms with Gasteiger partial charge in [0.05, 0.1) is 5.75 Å². The molecule has 1 aromatic carbocycles. The van der Waals surface area contributed by atoms with Gasteiger partial charge in [-0.3, -0.25) is 4.79 Å². The third-order valence-corrected chi connectivity index (χ3v) is 4.09. The molecule has 0 unspecified atom stereocenters. The predicted octanol–water partition coefficient (Wildman–Crippen LogP) is 2.97. The number of hydrogen-bond acceptors (Lipinski definition) is 5. The van der Waals surface area contributed by atoms with Crippen LogP contribution in [0.5, 0.6) is 0 Å². The number of carbonyl (C=O) groups excluding carboxylic acids is 1. The molecule has 1 amide bonds. The summed E-state index contributed by atoms with van der Waals surface area (Å²) in [6.07, 6.45) is 0.791. The second kappa shape index (κ2) is 6.63. The Labute approximate surface area is 118 Å². The van der Waals surface area contributed by atoms with Gasteiger partial charge in [-0.05, 0) is 35.8 Å². The topological polar surface area (TPSA) is 54.9 Å². The van der Waals surface area contributed by atoms with Crippen molar-refractivity contribution in [3.8, 4) is 0 Å². The molecule has 0 radical (unpaired) electrons. The molecule has 1 N–H and O–H groups in total. The first-order valence-corrected chi connectivity index (χ1v) is 7.44. The van der Waals surface area contributed by atoms with E-state index in [1.807, 2.05) is 6.92 Å². The molecule has 100 valence electrons. The third kappa shape index (κ3) is 4.29. The maximum absolute atomic E-state index is 12.7. The predicted molar refractivity (Wildman–Crippen MR) is 75.0 cm³/mol. The Bertz CT molecular complexity index is 556. The largest absolute Gasteiger partial charge is 0.325 e. The zero-order valence-corrected chi connectivity index (χ0v) is 11.9. The molecule has 0 fully saturated rings. The molecule has 0 saturated heterocycles. The number of rotatable bonds is 5. The smallest absolute Gasteiger partial charge is 0.234 e. The number of nitrogens with one attached hydrogen (secondary N) is 1. The molecule has 4 nitrogen and oxygen atoms in total. The minimum absolute atomic E-state index is 0.148. The molecule has 0 aliphatic heterocycles. The molecular weight excluding hydrogens is 285 g/mol. The lowest BCUT2D eigenvalue weighted by Crippen LogP contribution is -2.13. The molecule has 0 aliphatic carbocycles. The molecule has 1 aromatic heterocycles. The summed E-state index contributed by atoms with van der Waals surface area (Å²) in [6, 6.07) is 5.66. The third-order valence-electron chi connectivity index (χ3n) is 2.22. The highest BCUT2D eigenvalue weighted by Gasteiger charge is 2.07. The highest BCUT2D eigenvalue weighted by Crippen LogP contribution is 2.20. The van der Waals surface area contributed by atoms with E-state index in [9.17, 15) is 9.18 Å². The molecular formula is C12H12FN3OS2. The highest BCUT2D eigenvalue weighted by molar-refractivity contribution is 8.01. The van der Waals surface area contributed by atoms with Crippen molar-refractivity contribution >= 4 is 34.9 Å². The molecule has 1 heterocycles. The summed E-state index contributed by atoms with van der Waals surface area (Å²) in [5.74, 6) is 0.583. The number of halogens is 1. The Morgan fingerprint density at radius 3 is 2.79 bits per heavy atom. The van der Waals surface area contributed by atoms with Gasteiger partial charge in [-0.15, -0.1) is 0 Å². The Kier molecular flexibility index (Phi) is 4.86. The Balaban J connectivity index is 1.82. The van der Waals surface area contributed by atoms with Crippen LogP contribution in [0.4, 0.5) is 10.1 Å². The van der Waals surface area contributed by atoms with Crippen molar-refractivity contribution in [3.05, 3.63) is 35.9 Å². The van der Waals surface area contributed by atoms with Gasteiger partial charge in [0.2, 0.25) is 5.91 Å². The molecule has 0 saturated carbocycles. The van der Waals surface area contributed by atoms with E-state index in [0.717, 1.165) is 16.6 Å². The molecule has 2 aromatic rings. The van der Waals surface area contributed by atoms with Gasteiger partial charge in [-0.2, -0.15) is 4.37 Å². The van der Waals surface area contributed by atoms with Crippen molar-refractivity contribution in [3.63, 3.8) is 0 Å². The van der Waals surface area contributed by atoms with Crippen molar-refractivity contribution in [2.75, 3.05) is 11.1 Å². The van der Waals surface area contributed by atoms with Gasteiger partial charge in [0.15, 0.2) is 4.34 Å². The van der Waals surface area contributed by atoms with Gasteiger partial charge < -0.3 is 5.32 Å². The van der Waals surface area contributed by atoms with Crippen LogP contribution in [-0.2, 0) is 11.2 Å². The van der Waals surface area contributed by atoms with E-state index in [2.05, 4.69) is 14.7 Å². The Morgan fingerprint density at radius 2 is 2.16 bits per heavy atom. The lowest BCUT2D eigenvalue weighted by atomic mass is 10.3. The fourth-order valence-electron chi connectivity index (χ4n) is 1.30. The number of nitrogens with zero attached hydrogens (tertiary/aromatic N) is 2. The Hall–Kier alpha value is -1.47. The summed E-state index contributed by atoms with van der Waals surface area (Å²) in [4.78, 5) is 15.9. The fourth-order valence-corrected chi connectivity index (χ4v) is 2.79. The van der Waals surface area contributed by atoms with Gasteiger partial charge in [0.25, 0.3) is 0 Å². The van der Waals surface area contributed by atoms with Crippen molar-refractivity contribution < 1.29 is 9.18 Å². The molecule has 0 spiro atoms. The van der Waals surface area contributed by atoms with Crippen LogP contribution in [0.15, 0.2) is 28.6 Å². The minimum Gasteiger partial charge on any atom is -0.325 e. The van der Waals surface area contributed by atoms with Crippen molar-refractivity contribution in [2.45, 2.75) is 17.7 Å². The maximum Gasteiger partial charge on any atom is 0.234 e. The Morgan fingerprint density at radius 1 is 1.42 bits per heavy atom. The van der Waals surface area contributed by atoms with Gasteiger partial charge in [-0.25, -0.2) is 9.37 Å². The van der Waals surface area contributed by atoms with Crippen LogP contribution in [0.3, 0.4) is 0 Å². The van der Waals surface area contributed by atoms with E-state index in [0.29, 0.717) is 5.69 Å². The number of aromatic nitrogens is 2. The van der Waals surface area contributed by atoms with Crippen LogP contribution in [0, 0.1) is 5.82 Å². The molecule has 0 aliphatic rings. The molecule has 7 heteroatoms. The summed E-state index contributed by atoms with van der Waals surface area (Å²) in [5, 5.41) is 2.69. The zero-order valence-electron chi connectivity index (χ0n) is 10.2. The van der Waals surface area contributed by atoms with Crippen LogP contribution < -0.4 is 5.32 Å².